The number of rotatable bonds is 3. The first-order valence-electron chi connectivity index (χ1n) is 4.32. The summed E-state index contributed by atoms with van der Waals surface area (Å²) in [6.07, 6.45) is 2.66. The zero-order valence-electron chi connectivity index (χ0n) is 8.10. The van der Waals surface area contributed by atoms with E-state index in [4.69, 9.17) is 4.42 Å². The van der Waals surface area contributed by atoms with E-state index in [9.17, 15) is 8.42 Å². The maximum Gasteiger partial charge on any atom is 0.209 e. The molecule has 0 aromatic carbocycles. The van der Waals surface area contributed by atoms with E-state index in [1.807, 2.05) is 0 Å². The van der Waals surface area contributed by atoms with Crippen LogP contribution >= 0.6 is 0 Å². The van der Waals surface area contributed by atoms with E-state index < -0.39 is 10.0 Å². The monoisotopic (exact) mass is 226 g/mol. The topological polar surface area (TPSA) is 72.2 Å². The fourth-order valence-electron chi connectivity index (χ4n) is 1.20. The Morgan fingerprint density at radius 3 is 2.93 bits per heavy atom. The highest BCUT2D eigenvalue weighted by Crippen LogP contribution is 2.12. The summed E-state index contributed by atoms with van der Waals surface area (Å²) in [4.78, 5) is 4.22. The summed E-state index contributed by atoms with van der Waals surface area (Å²) in [5, 5.41) is 0. The fraction of sp³-hybridized carbons (Fsp3) is 0.222. The van der Waals surface area contributed by atoms with Crippen LogP contribution in [-0.4, -0.2) is 19.7 Å². The second-order valence-electron chi connectivity index (χ2n) is 3.20. The van der Waals surface area contributed by atoms with Crippen LogP contribution in [-0.2, 0) is 16.6 Å². The molecule has 0 spiro atoms. The molecule has 1 N–H and O–H groups in total. The van der Waals surface area contributed by atoms with Gasteiger partial charge in [-0.15, -0.1) is 0 Å². The summed E-state index contributed by atoms with van der Waals surface area (Å²) in [7, 11) is -3.18. The fourth-order valence-corrected chi connectivity index (χ4v) is 1.61. The van der Waals surface area contributed by atoms with E-state index >= 15 is 0 Å². The van der Waals surface area contributed by atoms with Crippen LogP contribution in [0, 0.1) is 0 Å². The van der Waals surface area contributed by atoms with E-state index in [-0.39, 0.29) is 6.54 Å². The Morgan fingerprint density at radius 1 is 1.40 bits per heavy atom. The van der Waals surface area contributed by atoms with E-state index in [0.29, 0.717) is 11.3 Å². The van der Waals surface area contributed by atoms with Crippen LogP contribution in [0.1, 0.15) is 5.69 Å². The van der Waals surface area contributed by atoms with E-state index in [0.717, 1.165) is 11.8 Å². The third-order valence-corrected chi connectivity index (χ3v) is 2.55. The molecule has 15 heavy (non-hydrogen) atoms. The van der Waals surface area contributed by atoms with Crippen molar-refractivity contribution in [2.45, 2.75) is 6.54 Å². The van der Waals surface area contributed by atoms with E-state index in [1.54, 1.807) is 24.5 Å². The predicted molar refractivity (Wildman–Crippen MR) is 55.7 cm³/mol. The molecule has 0 fully saturated rings. The molecule has 0 unspecified atom stereocenters. The number of aromatic nitrogens is 1. The van der Waals surface area contributed by atoms with Crippen molar-refractivity contribution in [2.24, 2.45) is 0 Å². The number of nitrogens with one attached hydrogen (secondary N) is 1. The van der Waals surface area contributed by atoms with Crippen LogP contribution in [0.5, 0.6) is 0 Å². The lowest BCUT2D eigenvalue weighted by Crippen LogP contribution is -2.21. The van der Waals surface area contributed by atoms with Crippen molar-refractivity contribution >= 4 is 21.1 Å². The van der Waals surface area contributed by atoms with Crippen LogP contribution in [0.3, 0.4) is 0 Å². The van der Waals surface area contributed by atoms with Gasteiger partial charge in [-0.3, -0.25) is 0 Å². The van der Waals surface area contributed by atoms with Crippen molar-refractivity contribution in [3.63, 3.8) is 0 Å². The summed E-state index contributed by atoms with van der Waals surface area (Å²) in [5.41, 5.74) is 2.08. The molecule has 0 amide bonds. The Kier molecular flexibility index (Phi) is 2.45. The van der Waals surface area contributed by atoms with E-state index in [2.05, 4.69) is 9.71 Å². The highest BCUT2D eigenvalue weighted by atomic mass is 32.2. The number of sulfonamides is 1. The Labute approximate surface area is 87.2 Å². The van der Waals surface area contributed by atoms with Crippen molar-refractivity contribution in [3.05, 3.63) is 30.2 Å². The molecule has 0 saturated carbocycles. The molecule has 2 rings (SSSR count). The first-order valence-corrected chi connectivity index (χ1v) is 6.21. The Morgan fingerprint density at radius 2 is 2.20 bits per heavy atom. The average molecular weight is 226 g/mol. The minimum Gasteiger partial charge on any atom is -0.463 e. The second kappa shape index (κ2) is 3.63. The number of hydrogen-bond donors (Lipinski definition) is 1. The van der Waals surface area contributed by atoms with Crippen molar-refractivity contribution in [1.29, 1.82) is 0 Å². The molecule has 0 aliphatic rings. The van der Waals surface area contributed by atoms with Gasteiger partial charge in [0.2, 0.25) is 10.0 Å². The van der Waals surface area contributed by atoms with Gasteiger partial charge in [0.05, 0.1) is 24.8 Å². The number of nitrogens with zero attached hydrogens (tertiary/aromatic N) is 1. The van der Waals surface area contributed by atoms with Crippen LogP contribution in [0.15, 0.2) is 28.9 Å². The van der Waals surface area contributed by atoms with E-state index in [1.165, 1.54) is 0 Å². The smallest absolute Gasteiger partial charge is 0.209 e. The van der Waals surface area contributed by atoms with Gasteiger partial charge >= 0.3 is 0 Å². The van der Waals surface area contributed by atoms with Crippen molar-refractivity contribution < 1.29 is 12.8 Å². The third kappa shape index (κ3) is 2.54. The molecular weight excluding hydrogens is 216 g/mol. The Balaban J connectivity index is 2.21. The van der Waals surface area contributed by atoms with Crippen LogP contribution < -0.4 is 4.72 Å². The standard InChI is InChI=1S/C9H10N2O3S/c1-15(12,13)10-6-7-2-3-9-8(11-7)4-5-14-9/h2-5,10H,6H2,1H3. The van der Waals surface area contributed by atoms with Gasteiger partial charge in [-0.05, 0) is 12.1 Å². The largest absolute Gasteiger partial charge is 0.463 e. The molecule has 0 aliphatic carbocycles. The Hall–Kier alpha value is -1.40. The van der Waals surface area contributed by atoms with Gasteiger partial charge in [0.1, 0.15) is 5.52 Å². The van der Waals surface area contributed by atoms with Gasteiger partial charge in [0.25, 0.3) is 0 Å². The molecule has 0 radical (unpaired) electrons. The molecule has 6 heteroatoms. The maximum atomic E-state index is 10.9. The lowest BCUT2D eigenvalue weighted by Gasteiger charge is -2.01. The van der Waals surface area contributed by atoms with Crippen molar-refractivity contribution in [1.82, 2.24) is 9.71 Å². The molecule has 0 aliphatic heterocycles. The lowest BCUT2D eigenvalue weighted by molar-refractivity contribution is 0.587. The molecule has 80 valence electrons. The molecule has 2 aromatic heterocycles. The quantitative estimate of drug-likeness (QED) is 0.843. The van der Waals surface area contributed by atoms with Crippen LogP contribution in [0.2, 0.25) is 0 Å². The summed E-state index contributed by atoms with van der Waals surface area (Å²) in [6.45, 7) is 0.194. The van der Waals surface area contributed by atoms with Gasteiger partial charge in [-0.2, -0.15) is 0 Å². The van der Waals surface area contributed by atoms with Crippen LogP contribution in [0.25, 0.3) is 11.1 Å². The van der Waals surface area contributed by atoms with Crippen molar-refractivity contribution in [2.75, 3.05) is 6.26 Å². The predicted octanol–water partition coefficient (Wildman–Crippen LogP) is 0.877. The normalized spacial score (nSPS) is 12.1. The number of furan rings is 1. The van der Waals surface area contributed by atoms with Gasteiger partial charge < -0.3 is 4.42 Å². The zero-order chi connectivity index (χ0) is 10.9. The summed E-state index contributed by atoms with van der Waals surface area (Å²) in [6, 6.07) is 5.23. The summed E-state index contributed by atoms with van der Waals surface area (Å²) >= 11 is 0. The van der Waals surface area contributed by atoms with Crippen LogP contribution in [0.4, 0.5) is 0 Å². The molecule has 5 nitrogen and oxygen atoms in total. The molecule has 0 atom stereocenters. The van der Waals surface area contributed by atoms with Gasteiger partial charge in [-0.1, -0.05) is 0 Å². The number of hydrogen-bond acceptors (Lipinski definition) is 4. The highest BCUT2D eigenvalue weighted by Gasteiger charge is 2.03. The molecule has 2 aromatic rings. The molecule has 0 bridgehead atoms. The molecular formula is C9H10N2O3S. The summed E-state index contributed by atoms with van der Waals surface area (Å²) < 4.78 is 29.2. The lowest BCUT2D eigenvalue weighted by atomic mass is 10.3. The van der Waals surface area contributed by atoms with Gasteiger partial charge in [-0.25, -0.2) is 18.1 Å². The zero-order valence-corrected chi connectivity index (χ0v) is 8.91. The maximum absolute atomic E-state index is 10.9. The van der Waals surface area contributed by atoms with Gasteiger partial charge in [0, 0.05) is 6.07 Å². The highest BCUT2D eigenvalue weighted by molar-refractivity contribution is 7.88. The van der Waals surface area contributed by atoms with Gasteiger partial charge in [0.15, 0.2) is 5.58 Å². The first-order chi connectivity index (χ1) is 7.04. The Bertz CT molecular complexity index is 574. The minimum absolute atomic E-state index is 0.194. The summed E-state index contributed by atoms with van der Waals surface area (Å²) in [5.74, 6) is 0. The molecule has 0 saturated heterocycles. The average Bonchev–Trinajstić information content (AvgIpc) is 2.60. The second-order valence-corrected chi connectivity index (χ2v) is 5.03. The van der Waals surface area contributed by atoms with Crippen molar-refractivity contribution in [3.8, 4) is 0 Å². The first kappa shape index (κ1) is 10.1. The number of fused-ring (bicyclic) bond motifs is 1. The third-order valence-electron chi connectivity index (χ3n) is 1.88. The molecule has 2 heterocycles. The number of pyridine rings is 1. The SMILES string of the molecule is CS(=O)(=O)NCc1ccc2occc2n1. The minimum atomic E-state index is -3.18.